The molecule has 1 nitrogen and oxygen atoms in total. The molecule has 19 heavy (non-hydrogen) atoms. The Labute approximate surface area is 127 Å². The monoisotopic (exact) mass is 335 g/mol. The van der Waals surface area contributed by atoms with E-state index in [1.807, 2.05) is 6.92 Å². The Hall–Kier alpha value is -0.770. The molecule has 0 bridgehead atoms. The Kier molecular flexibility index (Phi) is 5.08. The first kappa shape index (κ1) is 14.6. The molecule has 2 aromatic carbocycles. The molecule has 0 heterocycles. The van der Waals surface area contributed by atoms with Crippen molar-refractivity contribution in [2.75, 3.05) is 0 Å². The van der Waals surface area contributed by atoms with Gasteiger partial charge in [0.05, 0.1) is 0 Å². The molecule has 2 rings (SSSR count). The van der Waals surface area contributed by atoms with Gasteiger partial charge >= 0.3 is 0 Å². The summed E-state index contributed by atoms with van der Waals surface area (Å²) in [6.07, 6.45) is 0.896. The molecule has 0 aliphatic heterocycles. The molecule has 0 fully saturated rings. The summed E-state index contributed by atoms with van der Waals surface area (Å²) in [6, 6.07) is 15.2. The van der Waals surface area contributed by atoms with E-state index in [-0.39, 0.29) is 6.04 Å². The first-order valence-corrected chi connectivity index (χ1v) is 7.94. The highest BCUT2D eigenvalue weighted by Gasteiger charge is 2.07. The van der Waals surface area contributed by atoms with Gasteiger partial charge in [-0.3, -0.25) is 0 Å². The summed E-state index contributed by atoms with van der Waals surface area (Å²) in [5.74, 6) is 0. The Morgan fingerprint density at radius 1 is 1.16 bits per heavy atom. The lowest BCUT2D eigenvalue weighted by molar-refractivity contribution is 0.729. The highest BCUT2D eigenvalue weighted by molar-refractivity contribution is 9.10. The summed E-state index contributed by atoms with van der Waals surface area (Å²) in [5.41, 5.74) is 8.52. The van der Waals surface area contributed by atoms with E-state index in [1.165, 1.54) is 20.9 Å². The van der Waals surface area contributed by atoms with E-state index in [1.54, 1.807) is 11.8 Å². The van der Waals surface area contributed by atoms with Crippen LogP contribution in [-0.2, 0) is 6.42 Å². The van der Waals surface area contributed by atoms with Gasteiger partial charge in [0.2, 0.25) is 0 Å². The van der Waals surface area contributed by atoms with Crippen molar-refractivity contribution in [3.8, 4) is 0 Å². The Morgan fingerprint density at radius 2 is 1.84 bits per heavy atom. The maximum absolute atomic E-state index is 5.93. The molecular formula is C16H18BrNS. The zero-order valence-corrected chi connectivity index (χ0v) is 13.6. The average Bonchev–Trinajstić information content (AvgIpc) is 2.34. The summed E-state index contributed by atoms with van der Waals surface area (Å²) in [5, 5.41) is 0. The van der Waals surface area contributed by atoms with E-state index in [0.29, 0.717) is 0 Å². The SMILES string of the molecule is Cc1ccc(Sc2ccc(Br)cc2CC(C)N)cc1. The van der Waals surface area contributed by atoms with E-state index in [2.05, 4.69) is 65.3 Å². The van der Waals surface area contributed by atoms with Gasteiger partial charge in [0.25, 0.3) is 0 Å². The van der Waals surface area contributed by atoms with Crippen LogP contribution in [0.4, 0.5) is 0 Å². The molecular weight excluding hydrogens is 318 g/mol. The predicted molar refractivity (Wildman–Crippen MR) is 86.8 cm³/mol. The van der Waals surface area contributed by atoms with Crippen LogP contribution in [0.25, 0.3) is 0 Å². The molecule has 0 saturated heterocycles. The zero-order chi connectivity index (χ0) is 13.8. The number of halogens is 1. The van der Waals surface area contributed by atoms with Gasteiger partial charge in [-0.05, 0) is 56.2 Å². The first-order valence-electron chi connectivity index (χ1n) is 6.33. The third-order valence-corrected chi connectivity index (χ3v) is 4.43. The van der Waals surface area contributed by atoms with Crippen molar-refractivity contribution in [2.45, 2.75) is 36.1 Å². The van der Waals surface area contributed by atoms with Crippen molar-refractivity contribution in [3.63, 3.8) is 0 Å². The van der Waals surface area contributed by atoms with Crippen molar-refractivity contribution >= 4 is 27.7 Å². The van der Waals surface area contributed by atoms with E-state index in [0.717, 1.165) is 10.9 Å². The molecule has 2 N–H and O–H groups in total. The van der Waals surface area contributed by atoms with Crippen LogP contribution >= 0.6 is 27.7 Å². The molecule has 3 heteroatoms. The van der Waals surface area contributed by atoms with Crippen LogP contribution in [0.15, 0.2) is 56.7 Å². The highest BCUT2D eigenvalue weighted by atomic mass is 79.9. The van der Waals surface area contributed by atoms with Crippen molar-refractivity contribution in [1.29, 1.82) is 0 Å². The van der Waals surface area contributed by atoms with Gasteiger partial charge in [-0.1, -0.05) is 45.4 Å². The zero-order valence-electron chi connectivity index (χ0n) is 11.2. The van der Waals surface area contributed by atoms with Crippen LogP contribution < -0.4 is 5.73 Å². The summed E-state index contributed by atoms with van der Waals surface area (Å²) < 4.78 is 1.11. The lowest BCUT2D eigenvalue weighted by atomic mass is 10.1. The maximum Gasteiger partial charge on any atom is 0.0178 e. The summed E-state index contributed by atoms with van der Waals surface area (Å²) in [6.45, 7) is 4.15. The first-order chi connectivity index (χ1) is 9.04. The number of hydrogen-bond donors (Lipinski definition) is 1. The molecule has 0 spiro atoms. The van der Waals surface area contributed by atoms with Crippen LogP contribution in [0.2, 0.25) is 0 Å². The van der Waals surface area contributed by atoms with Gasteiger partial charge in [-0.15, -0.1) is 0 Å². The Bertz CT molecular complexity index is 549. The van der Waals surface area contributed by atoms with Crippen LogP contribution in [0.5, 0.6) is 0 Å². The third kappa shape index (κ3) is 4.37. The lowest BCUT2D eigenvalue weighted by Crippen LogP contribution is -2.18. The van der Waals surface area contributed by atoms with E-state index >= 15 is 0 Å². The molecule has 0 aliphatic carbocycles. The molecule has 2 aromatic rings. The standard InChI is InChI=1S/C16H18BrNS/c1-11-3-6-15(7-4-11)19-16-8-5-14(17)10-13(16)9-12(2)18/h3-8,10,12H,9,18H2,1-2H3. The largest absolute Gasteiger partial charge is 0.328 e. The van der Waals surface area contributed by atoms with Crippen molar-refractivity contribution < 1.29 is 0 Å². The van der Waals surface area contributed by atoms with Gasteiger partial charge in [0.1, 0.15) is 0 Å². The van der Waals surface area contributed by atoms with Crippen molar-refractivity contribution in [3.05, 3.63) is 58.1 Å². The highest BCUT2D eigenvalue weighted by Crippen LogP contribution is 2.32. The lowest BCUT2D eigenvalue weighted by Gasteiger charge is -2.12. The molecule has 0 radical (unpaired) electrons. The quantitative estimate of drug-likeness (QED) is 0.868. The molecule has 0 aliphatic rings. The van der Waals surface area contributed by atoms with Gasteiger partial charge in [0.15, 0.2) is 0 Å². The number of nitrogens with two attached hydrogens (primary N) is 1. The summed E-state index contributed by atoms with van der Waals surface area (Å²) in [4.78, 5) is 2.54. The van der Waals surface area contributed by atoms with Gasteiger partial charge < -0.3 is 5.73 Å². The summed E-state index contributed by atoms with van der Waals surface area (Å²) in [7, 11) is 0. The fraction of sp³-hybridized carbons (Fsp3) is 0.250. The second kappa shape index (κ2) is 6.60. The molecule has 1 unspecified atom stereocenters. The fourth-order valence-corrected chi connectivity index (χ4v) is 3.23. The van der Waals surface area contributed by atoms with Crippen molar-refractivity contribution in [2.24, 2.45) is 5.73 Å². The third-order valence-electron chi connectivity index (χ3n) is 2.81. The van der Waals surface area contributed by atoms with Crippen LogP contribution in [0.3, 0.4) is 0 Å². The normalized spacial score (nSPS) is 12.4. The number of hydrogen-bond acceptors (Lipinski definition) is 2. The second-order valence-corrected chi connectivity index (χ2v) is 6.88. The van der Waals surface area contributed by atoms with Gasteiger partial charge in [0, 0.05) is 20.3 Å². The molecule has 0 saturated carbocycles. The minimum atomic E-state index is 0.173. The fourth-order valence-electron chi connectivity index (χ4n) is 1.89. The van der Waals surface area contributed by atoms with Gasteiger partial charge in [-0.25, -0.2) is 0 Å². The van der Waals surface area contributed by atoms with Crippen LogP contribution in [-0.4, -0.2) is 6.04 Å². The van der Waals surface area contributed by atoms with E-state index in [4.69, 9.17) is 5.73 Å². The molecule has 1 atom stereocenters. The van der Waals surface area contributed by atoms with Crippen molar-refractivity contribution in [1.82, 2.24) is 0 Å². The topological polar surface area (TPSA) is 26.0 Å². The second-order valence-electron chi connectivity index (χ2n) is 4.85. The van der Waals surface area contributed by atoms with Crippen LogP contribution in [0, 0.1) is 6.92 Å². The molecule has 0 amide bonds. The van der Waals surface area contributed by atoms with E-state index < -0.39 is 0 Å². The van der Waals surface area contributed by atoms with Crippen LogP contribution in [0.1, 0.15) is 18.1 Å². The average molecular weight is 336 g/mol. The number of rotatable bonds is 4. The maximum atomic E-state index is 5.93. The Balaban J connectivity index is 2.26. The minimum absolute atomic E-state index is 0.173. The van der Waals surface area contributed by atoms with E-state index in [9.17, 15) is 0 Å². The minimum Gasteiger partial charge on any atom is -0.328 e. The van der Waals surface area contributed by atoms with Gasteiger partial charge in [-0.2, -0.15) is 0 Å². The predicted octanol–water partition coefficient (Wildman–Crippen LogP) is 4.80. The number of aryl methyl sites for hydroxylation is 1. The molecule has 0 aromatic heterocycles. The smallest absolute Gasteiger partial charge is 0.0178 e. The molecule has 100 valence electrons. The Morgan fingerprint density at radius 3 is 2.47 bits per heavy atom. The summed E-state index contributed by atoms with van der Waals surface area (Å²) >= 11 is 5.33. The number of benzene rings is 2.